The highest BCUT2D eigenvalue weighted by Crippen LogP contribution is 2.18. The number of nitrogens with zero attached hydrogens (tertiary/aromatic N) is 5. The van der Waals surface area contributed by atoms with E-state index in [1.54, 1.807) is 10.9 Å². The summed E-state index contributed by atoms with van der Waals surface area (Å²) in [5.74, 6) is -0.0584. The number of benzene rings is 2. The van der Waals surface area contributed by atoms with Gasteiger partial charge in [-0.05, 0) is 38.1 Å². The Hall–Kier alpha value is -3.15. The van der Waals surface area contributed by atoms with Crippen molar-refractivity contribution in [2.24, 2.45) is 0 Å². The fourth-order valence-electron chi connectivity index (χ4n) is 3.27. The topological polar surface area (TPSA) is 54.3 Å². The van der Waals surface area contributed by atoms with Gasteiger partial charge in [0.15, 0.2) is 5.69 Å². The number of piperazine rings is 1. The van der Waals surface area contributed by atoms with Gasteiger partial charge < -0.3 is 9.80 Å². The van der Waals surface area contributed by atoms with Crippen LogP contribution >= 0.6 is 0 Å². The van der Waals surface area contributed by atoms with Crippen LogP contribution in [0.2, 0.25) is 0 Å². The van der Waals surface area contributed by atoms with E-state index in [0.717, 1.165) is 18.8 Å². The number of anilines is 1. The van der Waals surface area contributed by atoms with Gasteiger partial charge in [-0.1, -0.05) is 40.6 Å². The molecule has 1 aromatic heterocycles. The Morgan fingerprint density at radius 1 is 0.815 bits per heavy atom. The van der Waals surface area contributed by atoms with Crippen LogP contribution in [0.25, 0.3) is 5.69 Å². The van der Waals surface area contributed by atoms with Crippen LogP contribution in [0.5, 0.6) is 0 Å². The second kappa shape index (κ2) is 7.23. The van der Waals surface area contributed by atoms with Crippen LogP contribution in [0.3, 0.4) is 0 Å². The third-order valence-electron chi connectivity index (χ3n) is 4.98. The minimum Gasteiger partial charge on any atom is -0.368 e. The van der Waals surface area contributed by atoms with Crippen LogP contribution in [0.15, 0.2) is 54.7 Å². The van der Waals surface area contributed by atoms with Gasteiger partial charge in [-0.25, -0.2) is 4.68 Å². The lowest BCUT2D eigenvalue weighted by molar-refractivity contribution is 0.0741. The smallest absolute Gasteiger partial charge is 0.276 e. The molecule has 1 aliphatic rings. The monoisotopic (exact) mass is 361 g/mol. The zero-order chi connectivity index (χ0) is 18.8. The Morgan fingerprint density at radius 2 is 1.37 bits per heavy atom. The average molecular weight is 361 g/mol. The van der Waals surface area contributed by atoms with Crippen LogP contribution in [0, 0.1) is 13.8 Å². The number of rotatable bonds is 3. The number of amides is 1. The van der Waals surface area contributed by atoms with Crippen molar-refractivity contribution in [2.45, 2.75) is 13.8 Å². The normalized spacial score (nSPS) is 14.4. The molecule has 0 bridgehead atoms. The van der Waals surface area contributed by atoms with Gasteiger partial charge in [0.05, 0.1) is 11.9 Å². The zero-order valence-corrected chi connectivity index (χ0v) is 15.7. The first kappa shape index (κ1) is 17.3. The minimum absolute atomic E-state index is 0.0584. The van der Waals surface area contributed by atoms with Crippen LogP contribution in [0.4, 0.5) is 5.69 Å². The molecule has 0 atom stereocenters. The Bertz CT molecular complexity index is 922. The molecule has 6 nitrogen and oxygen atoms in total. The summed E-state index contributed by atoms with van der Waals surface area (Å²) in [6.07, 6.45) is 1.71. The molecule has 3 aromatic rings. The molecular weight excluding hydrogens is 338 g/mol. The maximum atomic E-state index is 12.8. The number of carbonyl (C=O) groups excluding carboxylic acids is 1. The van der Waals surface area contributed by atoms with Crippen molar-refractivity contribution >= 4 is 11.6 Å². The van der Waals surface area contributed by atoms with E-state index in [9.17, 15) is 4.79 Å². The van der Waals surface area contributed by atoms with Gasteiger partial charge in [0.25, 0.3) is 5.91 Å². The molecule has 1 aliphatic heterocycles. The lowest BCUT2D eigenvalue weighted by atomic mass is 10.2. The van der Waals surface area contributed by atoms with E-state index in [4.69, 9.17) is 0 Å². The third-order valence-corrected chi connectivity index (χ3v) is 4.98. The predicted octanol–water partition coefficient (Wildman–Crippen LogP) is 2.85. The molecule has 27 heavy (non-hydrogen) atoms. The summed E-state index contributed by atoms with van der Waals surface area (Å²) in [5, 5.41) is 8.20. The molecule has 0 unspecified atom stereocenters. The Morgan fingerprint density at radius 3 is 1.96 bits per heavy atom. The van der Waals surface area contributed by atoms with Crippen molar-refractivity contribution < 1.29 is 4.79 Å². The summed E-state index contributed by atoms with van der Waals surface area (Å²) in [5.41, 5.74) is 4.93. The molecule has 0 N–H and O–H groups in total. The van der Waals surface area contributed by atoms with E-state index in [1.165, 1.54) is 16.8 Å². The summed E-state index contributed by atoms with van der Waals surface area (Å²) < 4.78 is 1.65. The molecular formula is C21H23N5O. The fourth-order valence-corrected chi connectivity index (χ4v) is 3.27. The first-order chi connectivity index (χ1) is 13.1. The summed E-state index contributed by atoms with van der Waals surface area (Å²) in [6.45, 7) is 7.14. The maximum Gasteiger partial charge on any atom is 0.276 e. The molecule has 138 valence electrons. The predicted molar refractivity (Wildman–Crippen MR) is 105 cm³/mol. The second-order valence-electron chi connectivity index (χ2n) is 7.00. The zero-order valence-electron chi connectivity index (χ0n) is 15.7. The van der Waals surface area contributed by atoms with Crippen molar-refractivity contribution in [3.05, 3.63) is 71.5 Å². The van der Waals surface area contributed by atoms with Gasteiger partial charge >= 0.3 is 0 Å². The molecule has 2 aromatic carbocycles. The number of carbonyl (C=O) groups is 1. The van der Waals surface area contributed by atoms with Crippen molar-refractivity contribution in [1.82, 2.24) is 19.9 Å². The van der Waals surface area contributed by atoms with Gasteiger partial charge in [-0.3, -0.25) is 4.79 Å². The summed E-state index contributed by atoms with van der Waals surface area (Å²) in [4.78, 5) is 16.9. The van der Waals surface area contributed by atoms with Gasteiger partial charge in [0.2, 0.25) is 0 Å². The van der Waals surface area contributed by atoms with Gasteiger partial charge in [-0.2, -0.15) is 0 Å². The van der Waals surface area contributed by atoms with Crippen molar-refractivity contribution in [3.8, 4) is 5.69 Å². The van der Waals surface area contributed by atoms with Crippen molar-refractivity contribution in [3.63, 3.8) is 0 Å². The Balaban J connectivity index is 1.41. The molecule has 0 saturated carbocycles. The quantitative estimate of drug-likeness (QED) is 0.720. The van der Waals surface area contributed by atoms with Gasteiger partial charge in [0, 0.05) is 31.9 Å². The first-order valence-corrected chi connectivity index (χ1v) is 9.20. The molecule has 0 spiro atoms. The summed E-state index contributed by atoms with van der Waals surface area (Å²) >= 11 is 0. The van der Waals surface area contributed by atoms with Crippen molar-refractivity contribution in [1.29, 1.82) is 0 Å². The Labute approximate surface area is 159 Å². The standard InChI is InChI=1S/C21H23N5O/c1-16-3-7-18(8-4-16)24-11-13-25(14-12-24)21(27)20-15-26(23-22-20)19-9-5-17(2)6-10-19/h3-10,15H,11-14H2,1-2H3. The first-order valence-electron chi connectivity index (χ1n) is 9.20. The highest BCUT2D eigenvalue weighted by Gasteiger charge is 2.24. The molecule has 4 rings (SSSR count). The highest BCUT2D eigenvalue weighted by atomic mass is 16.2. The summed E-state index contributed by atoms with van der Waals surface area (Å²) in [6, 6.07) is 16.5. The minimum atomic E-state index is -0.0584. The molecule has 1 fully saturated rings. The van der Waals surface area contributed by atoms with Crippen LogP contribution in [-0.4, -0.2) is 52.0 Å². The van der Waals surface area contributed by atoms with E-state index in [0.29, 0.717) is 18.8 Å². The second-order valence-corrected chi connectivity index (χ2v) is 7.00. The molecule has 1 saturated heterocycles. The number of aryl methyl sites for hydroxylation is 2. The van der Waals surface area contributed by atoms with E-state index in [2.05, 4.69) is 46.4 Å². The van der Waals surface area contributed by atoms with Crippen molar-refractivity contribution in [2.75, 3.05) is 31.1 Å². The van der Waals surface area contributed by atoms with Crippen LogP contribution in [0.1, 0.15) is 21.6 Å². The van der Waals surface area contributed by atoms with Crippen LogP contribution in [-0.2, 0) is 0 Å². The Kier molecular flexibility index (Phi) is 4.62. The van der Waals surface area contributed by atoms with Gasteiger partial charge in [-0.15, -0.1) is 5.10 Å². The number of aromatic nitrogens is 3. The third kappa shape index (κ3) is 3.69. The summed E-state index contributed by atoms with van der Waals surface area (Å²) in [7, 11) is 0. The van der Waals surface area contributed by atoms with E-state index in [-0.39, 0.29) is 5.91 Å². The average Bonchev–Trinajstić information content (AvgIpc) is 3.19. The van der Waals surface area contributed by atoms with Gasteiger partial charge in [0.1, 0.15) is 0 Å². The lowest BCUT2D eigenvalue weighted by Gasteiger charge is -2.35. The number of hydrogen-bond donors (Lipinski definition) is 0. The van der Waals surface area contributed by atoms with E-state index < -0.39 is 0 Å². The molecule has 0 aliphatic carbocycles. The van der Waals surface area contributed by atoms with E-state index >= 15 is 0 Å². The highest BCUT2D eigenvalue weighted by molar-refractivity contribution is 5.92. The van der Waals surface area contributed by atoms with Crippen LogP contribution < -0.4 is 4.90 Å². The lowest BCUT2D eigenvalue weighted by Crippen LogP contribution is -2.48. The molecule has 0 radical (unpaired) electrons. The molecule has 2 heterocycles. The molecule has 1 amide bonds. The SMILES string of the molecule is Cc1ccc(N2CCN(C(=O)c3cn(-c4ccc(C)cc4)nn3)CC2)cc1. The fraction of sp³-hybridized carbons (Fsp3) is 0.286. The number of hydrogen-bond acceptors (Lipinski definition) is 4. The molecule has 6 heteroatoms. The van der Waals surface area contributed by atoms with E-state index in [1.807, 2.05) is 36.1 Å². The largest absolute Gasteiger partial charge is 0.368 e. The maximum absolute atomic E-state index is 12.8.